The van der Waals surface area contributed by atoms with E-state index in [4.69, 9.17) is 6.42 Å². The molecule has 2 heterocycles. The van der Waals surface area contributed by atoms with Crippen LogP contribution < -0.4 is 4.80 Å². The number of terminal acetylenes is 1. The van der Waals surface area contributed by atoms with Crippen LogP contribution in [0.3, 0.4) is 0 Å². The van der Waals surface area contributed by atoms with Gasteiger partial charge in [-0.15, -0.1) is 6.42 Å². The molecule has 1 amide bonds. The summed E-state index contributed by atoms with van der Waals surface area (Å²) in [5.41, 5.74) is 0.0729. The molecule has 0 radical (unpaired) electrons. The van der Waals surface area contributed by atoms with Gasteiger partial charge in [-0.3, -0.25) is 14.9 Å². The second-order valence-electron chi connectivity index (χ2n) is 5.13. The monoisotopic (exact) mass is 405 g/mol. The second-order valence-corrected chi connectivity index (χ2v) is 7.23. The standard InChI is InChI=1S/C17H9F2N3O3S2/c1-2-7-21-16-12(19)8-10(18)9-13(16)27-17(21)20-14(23)5-3-11-4-6-15(26-11)22(24)25/h1,3-6,8-9H,7H2. The molecule has 0 aliphatic carbocycles. The summed E-state index contributed by atoms with van der Waals surface area (Å²) in [6, 6.07) is 4.70. The maximum Gasteiger partial charge on any atom is 0.324 e. The van der Waals surface area contributed by atoms with Gasteiger partial charge in [0.05, 0.1) is 21.7 Å². The number of nitrogens with zero attached hydrogens (tertiary/aromatic N) is 3. The summed E-state index contributed by atoms with van der Waals surface area (Å²) in [5.74, 6) is 0.140. The Balaban J connectivity index is 1.99. The fourth-order valence-corrected chi connectivity index (χ4v) is 4.07. The normalized spacial score (nSPS) is 12.0. The lowest BCUT2D eigenvalue weighted by Crippen LogP contribution is -2.16. The molecular formula is C17H9F2N3O3S2. The number of aromatic nitrogens is 1. The molecule has 2 aromatic heterocycles. The van der Waals surface area contributed by atoms with E-state index in [1.165, 1.54) is 22.8 Å². The van der Waals surface area contributed by atoms with E-state index in [9.17, 15) is 23.7 Å². The number of hydrogen-bond acceptors (Lipinski definition) is 5. The van der Waals surface area contributed by atoms with Crippen LogP contribution in [-0.2, 0) is 11.3 Å². The predicted octanol–water partition coefficient (Wildman–Crippen LogP) is 3.72. The van der Waals surface area contributed by atoms with Gasteiger partial charge < -0.3 is 4.57 Å². The summed E-state index contributed by atoms with van der Waals surface area (Å²) in [6.07, 6.45) is 7.82. The molecule has 0 fully saturated rings. The summed E-state index contributed by atoms with van der Waals surface area (Å²) in [7, 11) is 0. The van der Waals surface area contributed by atoms with Crippen molar-refractivity contribution in [3.63, 3.8) is 0 Å². The average molecular weight is 405 g/mol. The van der Waals surface area contributed by atoms with E-state index in [-0.39, 0.29) is 26.6 Å². The maximum absolute atomic E-state index is 14.1. The van der Waals surface area contributed by atoms with Gasteiger partial charge in [-0.1, -0.05) is 28.6 Å². The van der Waals surface area contributed by atoms with Crippen molar-refractivity contribution in [3.05, 3.63) is 61.8 Å². The molecule has 3 aromatic rings. The Kier molecular flexibility index (Phi) is 5.25. The van der Waals surface area contributed by atoms with E-state index in [1.807, 2.05) is 0 Å². The molecule has 0 unspecified atom stereocenters. The summed E-state index contributed by atoms with van der Waals surface area (Å²) in [4.78, 5) is 26.8. The molecule has 136 valence electrons. The van der Waals surface area contributed by atoms with Gasteiger partial charge in [-0.2, -0.15) is 4.99 Å². The predicted molar refractivity (Wildman–Crippen MR) is 99.1 cm³/mol. The number of halogens is 2. The van der Waals surface area contributed by atoms with E-state index in [2.05, 4.69) is 10.9 Å². The van der Waals surface area contributed by atoms with E-state index in [0.29, 0.717) is 4.88 Å². The zero-order valence-electron chi connectivity index (χ0n) is 13.4. The first-order chi connectivity index (χ1) is 12.9. The zero-order chi connectivity index (χ0) is 19.6. The maximum atomic E-state index is 14.1. The summed E-state index contributed by atoms with van der Waals surface area (Å²) >= 11 is 1.84. The summed E-state index contributed by atoms with van der Waals surface area (Å²) in [6.45, 7) is -0.0461. The molecule has 3 rings (SSSR count). The number of benzene rings is 1. The number of fused-ring (bicyclic) bond motifs is 1. The quantitative estimate of drug-likeness (QED) is 0.287. The molecule has 0 aliphatic heterocycles. The molecule has 0 spiro atoms. The number of hydrogen-bond donors (Lipinski definition) is 0. The fourth-order valence-electron chi connectivity index (χ4n) is 2.27. The topological polar surface area (TPSA) is 77.5 Å². The lowest BCUT2D eigenvalue weighted by Gasteiger charge is -2.00. The Morgan fingerprint density at radius 2 is 2.15 bits per heavy atom. The highest BCUT2D eigenvalue weighted by molar-refractivity contribution is 7.16. The molecule has 0 saturated heterocycles. The number of nitro groups is 1. The first-order valence-electron chi connectivity index (χ1n) is 7.32. The molecule has 0 aliphatic rings. The largest absolute Gasteiger partial charge is 0.324 e. The lowest BCUT2D eigenvalue weighted by molar-refractivity contribution is -0.380. The van der Waals surface area contributed by atoms with Crippen LogP contribution in [0.15, 0.2) is 35.3 Å². The molecule has 6 nitrogen and oxygen atoms in total. The Hall–Kier alpha value is -3.16. The number of amides is 1. The third-order valence-electron chi connectivity index (χ3n) is 3.33. The number of rotatable bonds is 4. The Bertz CT molecular complexity index is 1200. The van der Waals surface area contributed by atoms with Crippen molar-refractivity contribution < 1.29 is 18.5 Å². The van der Waals surface area contributed by atoms with Gasteiger partial charge in [0.1, 0.15) is 5.82 Å². The van der Waals surface area contributed by atoms with Gasteiger partial charge in [0.15, 0.2) is 10.6 Å². The first kappa shape index (κ1) is 18.6. The van der Waals surface area contributed by atoms with Crippen LogP contribution in [0, 0.1) is 34.1 Å². The molecule has 0 atom stereocenters. The smallest absolute Gasteiger partial charge is 0.302 e. The van der Waals surface area contributed by atoms with Crippen LogP contribution in [0.4, 0.5) is 13.8 Å². The van der Waals surface area contributed by atoms with Crippen molar-refractivity contribution in [1.82, 2.24) is 4.57 Å². The number of thiazole rings is 1. The van der Waals surface area contributed by atoms with Gasteiger partial charge in [-0.25, -0.2) is 8.78 Å². The van der Waals surface area contributed by atoms with E-state index < -0.39 is 22.5 Å². The number of carbonyl (C=O) groups excluding carboxylic acids is 1. The van der Waals surface area contributed by atoms with Crippen LogP contribution in [-0.4, -0.2) is 15.4 Å². The van der Waals surface area contributed by atoms with Crippen molar-refractivity contribution in [2.45, 2.75) is 6.54 Å². The van der Waals surface area contributed by atoms with Gasteiger partial charge in [-0.05, 0) is 18.2 Å². The third-order valence-corrected chi connectivity index (χ3v) is 5.36. The Labute approximate surface area is 158 Å². The van der Waals surface area contributed by atoms with Crippen LogP contribution in [0.1, 0.15) is 4.88 Å². The lowest BCUT2D eigenvalue weighted by atomic mass is 10.3. The van der Waals surface area contributed by atoms with Crippen molar-refractivity contribution in [2.75, 3.05) is 0 Å². The van der Waals surface area contributed by atoms with E-state index in [0.717, 1.165) is 40.9 Å². The molecule has 0 saturated carbocycles. The highest BCUT2D eigenvalue weighted by Crippen LogP contribution is 2.25. The molecule has 0 N–H and O–H groups in total. The average Bonchev–Trinajstić information content (AvgIpc) is 3.19. The minimum Gasteiger partial charge on any atom is -0.302 e. The van der Waals surface area contributed by atoms with Crippen LogP contribution in [0.2, 0.25) is 0 Å². The SMILES string of the molecule is C#CCn1c(=NC(=O)C=Cc2ccc([N+](=O)[O-])s2)sc2cc(F)cc(F)c21. The van der Waals surface area contributed by atoms with Crippen LogP contribution in [0.25, 0.3) is 16.3 Å². The fraction of sp³-hybridized carbons (Fsp3) is 0.0588. The summed E-state index contributed by atoms with van der Waals surface area (Å²) in [5, 5.41) is 10.6. The van der Waals surface area contributed by atoms with Crippen LogP contribution >= 0.6 is 22.7 Å². The van der Waals surface area contributed by atoms with E-state index in [1.54, 1.807) is 0 Å². The minimum atomic E-state index is -0.799. The second kappa shape index (κ2) is 7.61. The minimum absolute atomic E-state index is 0.0461. The zero-order valence-corrected chi connectivity index (χ0v) is 15.0. The van der Waals surface area contributed by atoms with Gasteiger partial charge in [0, 0.05) is 23.1 Å². The number of carbonyl (C=O) groups is 1. The molecule has 27 heavy (non-hydrogen) atoms. The van der Waals surface area contributed by atoms with Crippen molar-refractivity contribution in [1.29, 1.82) is 0 Å². The van der Waals surface area contributed by atoms with Crippen molar-refractivity contribution in [3.8, 4) is 12.3 Å². The molecule has 0 bridgehead atoms. The Morgan fingerprint density at radius 1 is 1.37 bits per heavy atom. The number of thiophene rings is 1. The van der Waals surface area contributed by atoms with Crippen molar-refractivity contribution in [2.24, 2.45) is 4.99 Å². The van der Waals surface area contributed by atoms with E-state index >= 15 is 0 Å². The third kappa shape index (κ3) is 3.99. The molecule has 1 aromatic carbocycles. The van der Waals surface area contributed by atoms with Gasteiger partial charge in [0.25, 0.3) is 5.91 Å². The van der Waals surface area contributed by atoms with Crippen molar-refractivity contribution >= 4 is 49.9 Å². The first-order valence-corrected chi connectivity index (χ1v) is 8.95. The van der Waals surface area contributed by atoms with Crippen LogP contribution in [0.5, 0.6) is 0 Å². The van der Waals surface area contributed by atoms with Gasteiger partial charge in [0.2, 0.25) is 0 Å². The summed E-state index contributed by atoms with van der Waals surface area (Å²) < 4.78 is 29.1. The molecule has 10 heteroatoms. The highest BCUT2D eigenvalue weighted by Gasteiger charge is 2.13. The molecular weight excluding hydrogens is 396 g/mol. The Morgan fingerprint density at radius 3 is 2.81 bits per heavy atom. The van der Waals surface area contributed by atoms with Gasteiger partial charge >= 0.3 is 5.00 Å². The highest BCUT2D eigenvalue weighted by atomic mass is 32.1.